The van der Waals surface area contributed by atoms with Crippen LogP contribution in [0.1, 0.15) is 28.7 Å². The minimum Gasteiger partial charge on any atom is -0.481 e. The van der Waals surface area contributed by atoms with Crippen molar-refractivity contribution in [3.05, 3.63) is 58.7 Å². The zero-order valence-electron chi connectivity index (χ0n) is 14.3. The monoisotopic (exact) mass is 335 g/mol. The number of aryl methyl sites for hydroxylation is 3. The van der Waals surface area contributed by atoms with E-state index in [-0.39, 0.29) is 5.60 Å². The van der Waals surface area contributed by atoms with Crippen LogP contribution in [0.4, 0.5) is 0 Å². The molecule has 1 spiro atoms. The van der Waals surface area contributed by atoms with Gasteiger partial charge in [-0.25, -0.2) is 0 Å². The average molecular weight is 335 g/mol. The van der Waals surface area contributed by atoms with E-state index < -0.39 is 0 Å². The lowest BCUT2D eigenvalue weighted by Crippen LogP contribution is -2.35. The number of fused-ring (bicyclic) bond motifs is 5. The third-order valence-electron chi connectivity index (χ3n) is 5.52. The molecule has 1 atom stereocenters. The van der Waals surface area contributed by atoms with Gasteiger partial charge in [-0.1, -0.05) is 35.9 Å². The van der Waals surface area contributed by atoms with Gasteiger partial charge < -0.3 is 9.30 Å². The van der Waals surface area contributed by atoms with Gasteiger partial charge in [0.25, 0.3) is 0 Å². The van der Waals surface area contributed by atoms with Crippen LogP contribution in [0.25, 0.3) is 10.9 Å². The third-order valence-corrected chi connectivity index (χ3v) is 6.68. The van der Waals surface area contributed by atoms with Crippen LogP contribution < -0.4 is 4.74 Å². The fourth-order valence-corrected chi connectivity index (χ4v) is 5.91. The SMILES string of the molecule is Cc1cc(C)c2c(c1)CC1(CCSc3c1c1ccccc1n3C)O2. The van der Waals surface area contributed by atoms with Crippen LogP contribution in [0.5, 0.6) is 5.75 Å². The molecule has 2 aliphatic heterocycles. The van der Waals surface area contributed by atoms with Crippen molar-refractivity contribution in [3.63, 3.8) is 0 Å². The highest BCUT2D eigenvalue weighted by Gasteiger charge is 2.47. The zero-order chi connectivity index (χ0) is 16.5. The maximum atomic E-state index is 6.74. The Bertz CT molecular complexity index is 987. The molecule has 3 heterocycles. The Kier molecular flexibility index (Phi) is 2.91. The Morgan fingerprint density at radius 1 is 1.17 bits per heavy atom. The molecule has 24 heavy (non-hydrogen) atoms. The maximum absolute atomic E-state index is 6.74. The predicted octanol–water partition coefficient (Wildman–Crippen LogP) is 5.12. The first-order valence-electron chi connectivity index (χ1n) is 8.59. The third kappa shape index (κ3) is 1.79. The number of rotatable bonds is 0. The van der Waals surface area contributed by atoms with E-state index in [0.717, 1.165) is 24.3 Å². The average Bonchev–Trinajstić information content (AvgIpc) is 3.06. The molecule has 0 N–H and O–H groups in total. The maximum Gasteiger partial charge on any atom is 0.142 e. The van der Waals surface area contributed by atoms with Crippen molar-refractivity contribution in [1.82, 2.24) is 4.57 Å². The Morgan fingerprint density at radius 2 is 2.00 bits per heavy atom. The fraction of sp³-hybridized carbons (Fsp3) is 0.333. The highest BCUT2D eigenvalue weighted by atomic mass is 32.2. The second-order valence-corrected chi connectivity index (χ2v) is 8.28. The van der Waals surface area contributed by atoms with Crippen molar-refractivity contribution >= 4 is 22.7 Å². The van der Waals surface area contributed by atoms with Gasteiger partial charge in [0.2, 0.25) is 0 Å². The minimum atomic E-state index is -0.192. The Balaban J connectivity index is 1.77. The van der Waals surface area contributed by atoms with E-state index in [0.29, 0.717) is 0 Å². The van der Waals surface area contributed by atoms with E-state index in [1.165, 1.54) is 38.2 Å². The van der Waals surface area contributed by atoms with E-state index in [9.17, 15) is 0 Å². The van der Waals surface area contributed by atoms with Gasteiger partial charge in [-0.3, -0.25) is 0 Å². The molecule has 5 rings (SSSR count). The number of nitrogens with zero attached hydrogens (tertiary/aromatic N) is 1. The fourth-order valence-electron chi connectivity index (χ4n) is 4.55. The van der Waals surface area contributed by atoms with Gasteiger partial charge in [-0.2, -0.15) is 0 Å². The number of hydrogen-bond donors (Lipinski definition) is 0. The predicted molar refractivity (Wildman–Crippen MR) is 100 cm³/mol. The number of hydrogen-bond acceptors (Lipinski definition) is 2. The molecule has 0 amide bonds. The van der Waals surface area contributed by atoms with Crippen LogP contribution in [0, 0.1) is 13.8 Å². The summed E-state index contributed by atoms with van der Waals surface area (Å²) in [5.41, 5.74) is 6.49. The van der Waals surface area contributed by atoms with Gasteiger partial charge in [0.1, 0.15) is 11.4 Å². The molecule has 1 aromatic heterocycles. The summed E-state index contributed by atoms with van der Waals surface area (Å²) in [6, 6.07) is 13.3. The van der Waals surface area contributed by atoms with E-state index in [2.05, 4.69) is 61.9 Å². The first kappa shape index (κ1) is 14.5. The number of para-hydroxylation sites is 1. The Labute approximate surface area is 146 Å². The summed E-state index contributed by atoms with van der Waals surface area (Å²) in [4.78, 5) is 0. The van der Waals surface area contributed by atoms with Gasteiger partial charge in [-0.15, -0.1) is 11.8 Å². The second-order valence-electron chi connectivity index (χ2n) is 7.20. The first-order chi connectivity index (χ1) is 11.6. The normalized spacial score (nSPS) is 21.8. The van der Waals surface area contributed by atoms with Crippen LogP contribution in [0.3, 0.4) is 0 Å². The molecule has 2 aliphatic rings. The number of thioether (sulfide) groups is 1. The van der Waals surface area contributed by atoms with Crippen molar-refractivity contribution in [1.29, 1.82) is 0 Å². The molecule has 1 unspecified atom stereocenters. The molecule has 0 radical (unpaired) electrons. The van der Waals surface area contributed by atoms with Crippen molar-refractivity contribution in [3.8, 4) is 5.75 Å². The van der Waals surface area contributed by atoms with E-state index in [4.69, 9.17) is 4.74 Å². The summed E-state index contributed by atoms with van der Waals surface area (Å²) in [5.74, 6) is 2.23. The lowest BCUT2D eigenvalue weighted by atomic mass is 9.86. The van der Waals surface area contributed by atoms with Crippen LogP contribution in [0.2, 0.25) is 0 Å². The van der Waals surface area contributed by atoms with Crippen molar-refractivity contribution in [2.75, 3.05) is 5.75 Å². The molecule has 3 heteroatoms. The molecule has 0 aliphatic carbocycles. The van der Waals surface area contributed by atoms with Gasteiger partial charge in [0.05, 0.1) is 5.03 Å². The number of benzene rings is 2. The molecular formula is C21H21NOS. The standard InChI is InChI=1S/C21H21NOS/c1-13-10-14(2)19-15(11-13)12-21(23-19)8-9-24-20-18(21)16-6-4-5-7-17(16)22(20)3/h4-7,10-11H,8-9,12H2,1-3H3. The van der Waals surface area contributed by atoms with Gasteiger partial charge in [-0.05, 0) is 31.0 Å². The first-order valence-corrected chi connectivity index (χ1v) is 9.57. The Hall–Kier alpha value is -1.87. The Morgan fingerprint density at radius 3 is 2.88 bits per heavy atom. The lowest BCUT2D eigenvalue weighted by molar-refractivity contribution is 0.0851. The van der Waals surface area contributed by atoms with E-state index in [1.54, 1.807) is 0 Å². The highest BCUT2D eigenvalue weighted by Crippen LogP contribution is 2.53. The molecule has 122 valence electrons. The summed E-state index contributed by atoms with van der Waals surface area (Å²) in [7, 11) is 2.19. The van der Waals surface area contributed by atoms with Crippen LogP contribution in [0.15, 0.2) is 41.4 Å². The lowest BCUT2D eigenvalue weighted by Gasteiger charge is -2.33. The van der Waals surface area contributed by atoms with Crippen LogP contribution in [-0.2, 0) is 19.1 Å². The van der Waals surface area contributed by atoms with Gasteiger partial charge >= 0.3 is 0 Å². The topological polar surface area (TPSA) is 14.2 Å². The number of ether oxygens (including phenoxy) is 1. The highest BCUT2D eigenvalue weighted by molar-refractivity contribution is 7.99. The molecule has 0 saturated carbocycles. The smallest absolute Gasteiger partial charge is 0.142 e. The van der Waals surface area contributed by atoms with Gasteiger partial charge in [0.15, 0.2) is 0 Å². The molecular weight excluding hydrogens is 314 g/mol. The van der Waals surface area contributed by atoms with Crippen LogP contribution in [-0.4, -0.2) is 10.3 Å². The van der Waals surface area contributed by atoms with E-state index in [1.807, 2.05) is 11.8 Å². The largest absolute Gasteiger partial charge is 0.481 e. The molecule has 2 aromatic carbocycles. The minimum absolute atomic E-state index is 0.192. The van der Waals surface area contributed by atoms with Gasteiger partial charge in [0, 0.05) is 42.1 Å². The summed E-state index contributed by atoms with van der Waals surface area (Å²) in [6.07, 6.45) is 2.07. The van der Waals surface area contributed by atoms with Crippen molar-refractivity contribution in [2.24, 2.45) is 7.05 Å². The molecule has 0 fully saturated rings. The molecule has 3 aromatic rings. The van der Waals surface area contributed by atoms with E-state index >= 15 is 0 Å². The van der Waals surface area contributed by atoms with Crippen molar-refractivity contribution < 1.29 is 4.74 Å². The quantitative estimate of drug-likeness (QED) is 0.566. The number of aromatic nitrogens is 1. The summed E-state index contributed by atoms with van der Waals surface area (Å²) in [6.45, 7) is 4.35. The van der Waals surface area contributed by atoms with Crippen LogP contribution >= 0.6 is 11.8 Å². The molecule has 2 nitrogen and oxygen atoms in total. The summed E-state index contributed by atoms with van der Waals surface area (Å²) >= 11 is 1.97. The second kappa shape index (κ2) is 4.82. The summed E-state index contributed by atoms with van der Waals surface area (Å²) in [5, 5.41) is 2.73. The zero-order valence-corrected chi connectivity index (χ0v) is 15.2. The molecule has 0 bridgehead atoms. The molecule has 0 saturated heterocycles. The van der Waals surface area contributed by atoms with Crippen molar-refractivity contribution in [2.45, 2.75) is 37.3 Å². The summed E-state index contributed by atoms with van der Waals surface area (Å²) < 4.78 is 9.09.